The van der Waals surface area contributed by atoms with Gasteiger partial charge in [-0.3, -0.25) is 4.79 Å². The molecule has 5 N–H and O–H groups in total. The first kappa shape index (κ1) is 17.8. The highest BCUT2D eigenvalue weighted by molar-refractivity contribution is 6.04. The zero-order valence-electron chi connectivity index (χ0n) is 12.9. The summed E-state index contributed by atoms with van der Waals surface area (Å²) in [6, 6.07) is 10.4. The number of carboxylic acid groups (broad SMARTS) is 1. The van der Waals surface area contributed by atoms with Crippen molar-refractivity contribution in [2.24, 2.45) is 10.8 Å². The van der Waals surface area contributed by atoms with Crippen LogP contribution in [0.1, 0.15) is 15.9 Å². The van der Waals surface area contributed by atoms with Gasteiger partial charge in [0.05, 0.1) is 11.4 Å². The first-order valence-electron chi connectivity index (χ1n) is 7.10. The molecule has 8 heteroatoms. The second kappa shape index (κ2) is 8.37. The number of benzene rings is 2. The third-order valence-corrected chi connectivity index (χ3v) is 3.06. The lowest BCUT2D eigenvalue weighted by Crippen LogP contribution is -2.18. The van der Waals surface area contributed by atoms with E-state index in [1.807, 2.05) is 0 Å². The topological polar surface area (TPSA) is 117 Å². The Morgan fingerprint density at radius 2 is 2.00 bits per heavy atom. The smallest absolute Gasteiger partial charge is 0.328 e. The number of carbonyl (C=O) groups is 2. The molecule has 0 fully saturated rings. The maximum Gasteiger partial charge on any atom is 0.328 e. The first-order valence-corrected chi connectivity index (χ1v) is 7.10. The second-order valence-electron chi connectivity index (χ2n) is 4.84. The Kier molecular flexibility index (Phi) is 5.97. The molecule has 2 aromatic rings. The third kappa shape index (κ3) is 5.26. The summed E-state index contributed by atoms with van der Waals surface area (Å²) in [6.07, 6.45) is 3.42. The molecular formula is C17H15FN4O3. The number of anilines is 1. The normalized spacial score (nSPS) is 11.0. The summed E-state index contributed by atoms with van der Waals surface area (Å²) in [5.41, 5.74) is 3.39. The van der Waals surface area contributed by atoms with E-state index >= 15 is 0 Å². The van der Waals surface area contributed by atoms with Crippen LogP contribution < -0.4 is 16.6 Å². The minimum atomic E-state index is -1.13. The molecule has 0 aromatic heterocycles. The minimum absolute atomic E-state index is 0.0185. The van der Waals surface area contributed by atoms with Gasteiger partial charge in [-0.2, -0.15) is 0 Å². The summed E-state index contributed by atoms with van der Waals surface area (Å²) in [7, 11) is 0. The number of hydrazine groups is 1. The van der Waals surface area contributed by atoms with Gasteiger partial charge in [0.2, 0.25) is 0 Å². The molecule has 1 amide bonds. The van der Waals surface area contributed by atoms with Gasteiger partial charge in [0.25, 0.3) is 5.91 Å². The van der Waals surface area contributed by atoms with E-state index < -0.39 is 17.7 Å². The van der Waals surface area contributed by atoms with Crippen molar-refractivity contribution in [3.63, 3.8) is 0 Å². The van der Waals surface area contributed by atoms with Gasteiger partial charge in [0, 0.05) is 11.6 Å². The standard InChI is InChI=1S/C17H15FN4O3/c18-14-8-11(5-7-16(23)24)4-6-15(14)22-17(25)12-2-1-3-13(9-12)20-10-21-19/h1-10H,19H2,(H,20,21)(H,22,25)(H,23,24)/b7-5+. The van der Waals surface area contributed by atoms with Crippen molar-refractivity contribution in [3.05, 3.63) is 65.5 Å². The summed E-state index contributed by atoms with van der Waals surface area (Å²) in [4.78, 5) is 26.7. The van der Waals surface area contributed by atoms with Crippen molar-refractivity contribution >= 4 is 35.7 Å². The fourth-order valence-corrected chi connectivity index (χ4v) is 1.94. The maximum absolute atomic E-state index is 14.1. The molecule has 0 heterocycles. The van der Waals surface area contributed by atoms with Gasteiger partial charge in [-0.15, -0.1) is 0 Å². The number of halogens is 1. The number of aliphatic imine (C=N–C) groups is 1. The van der Waals surface area contributed by atoms with Crippen molar-refractivity contribution < 1.29 is 19.1 Å². The average molecular weight is 342 g/mol. The van der Waals surface area contributed by atoms with E-state index in [0.29, 0.717) is 16.8 Å². The zero-order chi connectivity index (χ0) is 18.2. The van der Waals surface area contributed by atoms with Gasteiger partial charge in [-0.05, 0) is 42.0 Å². The number of rotatable bonds is 6. The van der Waals surface area contributed by atoms with E-state index in [0.717, 1.165) is 12.1 Å². The molecule has 128 valence electrons. The Morgan fingerprint density at radius 3 is 2.68 bits per heavy atom. The number of nitrogens with zero attached hydrogens (tertiary/aromatic N) is 1. The van der Waals surface area contributed by atoms with Gasteiger partial charge in [-0.1, -0.05) is 12.1 Å². The molecule has 0 spiro atoms. The number of carboxylic acids is 1. The quantitative estimate of drug-likeness (QED) is 0.211. The molecule has 0 aliphatic heterocycles. The lowest BCUT2D eigenvalue weighted by molar-refractivity contribution is -0.131. The SMILES string of the molecule is NNC=Nc1cccc(C(=O)Nc2ccc(/C=C/C(=O)O)cc2F)c1. The van der Waals surface area contributed by atoms with Crippen LogP contribution in [0.2, 0.25) is 0 Å². The van der Waals surface area contributed by atoms with Crippen molar-refractivity contribution in [3.8, 4) is 0 Å². The maximum atomic E-state index is 14.1. The summed E-state index contributed by atoms with van der Waals surface area (Å²) in [6.45, 7) is 0. The van der Waals surface area contributed by atoms with Gasteiger partial charge in [0.1, 0.15) is 12.2 Å². The summed E-state index contributed by atoms with van der Waals surface area (Å²) < 4.78 is 14.1. The van der Waals surface area contributed by atoms with Crippen molar-refractivity contribution in [1.82, 2.24) is 5.43 Å². The molecule has 0 radical (unpaired) electrons. The molecule has 0 aliphatic rings. The predicted octanol–water partition coefficient (Wildman–Crippen LogP) is 2.30. The second-order valence-corrected chi connectivity index (χ2v) is 4.84. The zero-order valence-corrected chi connectivity index (χ0v) is 12.9. The monoisotopic (exact) mass is 342 g/mol. The van der Waals surface area contributed by atoms with Crippen LogP contribution in [0.4, 0.5) is 15.8 Å². The van der Waals surface area contributed by atoms with Crippen molar-refractivity contribution in [2.75, 3.05) is 5.32 Å². The first-order chi connectivity index (χ1) is 12.0. The molecule has 0 bridgehead atoms. The van der Waals surface area contributed by atoms with Gasteiger partial charge in [0.15, 0.2) is 0 Å². The minimum Gasteiger partial charge on any atom is -0.478 e. The van der Waals surface area contributed by atoms with Crippen LogP contribution in [0.25, 0.3) is 6.08 Å². The van der Waals surface area contributed by atoms with Crippen LogP contribution in [0.3, 0.4) is 0 Å². The van der Waals surface area contributed by atoms with Crippen LogP contribution in [-0.4, -0.2) is 23.3 Å². The summed E-state index contributed by atoms with van der Waals surface area (Å²) >= 11 is 0. The van der Waals surface area contributed by atoms with Crippen LogP contribution >= 0.6 is 0 Å². The molecule has 25 heavy (non-hydrogen) atoms. The van der Waals surface area contributed by atoms with Crippen molar-refractivity contribution in [1.29, 1.82) is 0 Å². The molecule has 2 aromatic carbocycles. The van der Waals surface area contributed by atoms with Crippen LogP contribution in [0.5, 0.6) is 0 Å². The average Bonchev–Trinajstić information content (AvgIpc) is 2.60. The van der Waals surface area contributed by atoms with Crippen LogP contribution in [0, 0.1) is 5.82 Å². The van der Waals surface area contributed by atoms with E-state index in [2.05, 4.69) is 15.7 Å². The largest absolute Gasteiger partial charge is 0.478 e. The van der Waals surface area contributed by atoms with Crippen LogP contribution in [-0.2, 0) is 4.79 Å². The number of hydrogen-bond acceptors (Lipinski definition) is 4. The Morgan fingerprint density at radius 1 is 1.20 bits per heavy atom. The highest BCUT2D eigenvalue weighted by Crippen LogP contribution is 2.19. The lowest BCUT2D eigenvalue weighted by atomic mass is 10.1. The molecule has 2 rings (SSSR count). The van der Waals surface area contributed by atoms with Gasteiger partial charge in [-0.25, -0.2) is 20.0 Å². The Balaban J connectivity index is 2.15. The number of hydrogen-bond donors (Lipinski definition) is 4. The molecule has 7 nitrogen and oxygen atoms in total. The number of carbonyl (C=O) groups excluding carboxylic acids is 1. The molecule has 0 aliphatic carbocycles. The van der Waals surface area contributed by atoms with E-state index in [-0.39, 0.29) is 5.69 Å². The van der Waals surface area contributed by atoms with E-state index in [1.54, 1.807) is 18.2 Å². The fourth-order valence-electron chi connectivity index (χ4n) is 1.94. The lowest BCUT2D eigenvalue weighted by Gasteiger charge is -2.07. The molecule has 0 unspecified atom stereocenters. The van der Waals surface area contributed by atoms with E-state index in [1.165, 1.54) is 30.6 Å². The van der Waals surface area contributed by atoms with Gasteiger partial charge < -0.3 is 15.8 Å². The van der Waals surface area contributed by atoms with E-state index in [4.69, 9.17) is 10.9 Å². The van der Waals surface area contributed by atoms with Gasteiger partial charge >= 0.3 is 5.97 Å². The third-order valence-electron chi connectivity index (χ3n) is 3.06. The van der Waals surface area contributed by atoms with Crippen molar-refractivity contribution in [2.45, 2.75) is 0 Å². The highest BCUT2D eigenvalue weighted by atomic mass is 19.1. The fraction of sp³-hybridized carbons (Fsp3) is 0. The number of aliphatic carboxylic acids is 1. The van der Waals surface area contributed by atoms with E-state index in [9.17, 15) is 14.0 Å². The number of amides is 1. The molecular weight excluding hydrogens is 327 g/mol. The molecule has 0 saturated heterocycles. The highest BCUT2D eigenvalue weighted by Gasteiger charge is 2.10. The molecule has 0 saturated carbocycles. The summed E-state index contributed by atoms with van der Waals surface area (Å²) in [5.74, 6) is 2.76. The van der Waals surface area contributed by atoms with Crippen LogP contribution in [0.15, 0.2) is 53.5 Å². The Labute approximate surface area is 142 Å². The Bertz CT molecular complexity index is 850. The Hall–Kier alpha value is -3.52. The number of nitrogens with two attached hydrogens (primary N) is 1. The predicted molar refractivity (Wildman–Crippen MR) is 92.9 cm³/mol. The summed E-state index contributed by atoms with van der Waals surface area (Å²) in [5, 5.41) is 11.0. The molecule has 0 atom stereocenters. The number of nitrogens with one attached hydrogen (secondary N) is 2.